The van der Waals surface area contributed by atoms with Crippen LogP contribution in [-0.2, 0) is 11.4 Å². The van der Waals surface area contributed by atoms with Gasteiger partial charge in [-0.15, -0.1) is 0 Å². The molecule has 0 saturated heterocycles. The van der Waals surface area contributed by atoms with Crippen molar-refractivity contribution in [2.45, 2.75) is 26.5 Å². The first-order chi connectivity index (χ1) is 16.3. The summed E-state index contributed by atoms with van der Waals surface area (Å²) in [7, 11) is 0. The van der Waals surface area contributed by atoms with Crippen LogP contribution >= 0.6 is 15.9 Å². The van der Waals surface area contributed by atoms with Crippen molar-refractivity contribution in [3.8, 4) is 5.75 Å². The number of nitrogens with one attached hydrogen (secondary N) is 2. The van der Waals surface area contributed by atoms with Crippen molar-refractivity contribution in [2.24, 2.45) is 11.0 Å². The molecule has 0 heterocycles. The highest BCUT2D eigenvalue weighted by Gasteiger charge is 2.24. The molecule has 34 heavy (non-hydrogen) atoms. The van der Waals surface area contributed by atoms with Gasteiger partial charge in [0.05, 0.1) is 10.7 Å². The average Bonchev–Trinajstić information content (AvgIpc) is 2.82. The summed E-state index contributed by atoms with van der Waals surface area (Å²) in [5.41, 5.74) is 4.54. The standard InChI is InChI=1S/C26H25BrFN3O3/c1-17(2)24(30-25(32)20-9-11-21(28)12-10-20)26(33)31-29-15-19-8-13-23(22(27)14-19)34-16-18-6-4-3-5-7-18/h3-15,17,24H,16H2,1-2H3,(H,30,32)(H,31,33)/b29-15+. The number of amides is 2. The summed E-state index contributed by atoms with van der Waals surface area (Å²) in [4.78, 5) is 25.0. The first-order valence-corrected chi connectivity index (χ1v) is 11.5. The van der Waals surface area contributed by atoms with Gasteiger partial charge in [0.15, 0.2) is 0 Å². The third-order valence-corrected chi connectivity index (χ3v) is 5.54. The second-order valence-corrected chi connectivity index (χ2v) is 8.75. The molecule has 3 rings (SSSR count). The van der Waals surface area contributed by atoms with Crippen molar-refractivity contribution < 1.29 is 18.7 Å². The Morgan fingerprint density at radius 3 is 2.41 bits per heavy atom. The molecule has 2 amide bonds. The Balaban J connectivity index is 1.57. The fourth-order valence-electron chi connectivity index (χ4n) is 3.05. The number of carbonyl (C=O) groups is 2. The van der Waals surface area contributed by atoms with Crippen molar-refractivity contribution in [1.29, 1.82) is 0 Å². The molecule has 0 bridgehead atoms. The van der Waals surface area contributed by atoms with Gasteiger partial charge in [-0.25, -0.2) is 9.82 Å². The fourth-order valence-corrected chi connectivity index (χ4v) is 3.56. The molecule has 3 aromatic rings. The van der Waals surface area contributed by atoms with Gasteiger partial charge >= 0.3 is 0 Å². The zero-order valence-corrected chi connectivity index (χ0v) is 20.4. The van der Waals surface area contributed by atoms with Crippen LogP contribution in [0.1, 0.15) is 35.3 Å². The minimum absolute atomic E-state index is 0.185. The lowest BCUT2D eigenvalue weighted by Crippen LogP contribution is -2.48. The lowest BCUT2D eigenvalue weighted by atomic mass is 10.0. The molecule has 8 heteroatoms. The van der Waals surface area contributed by atoms with E-state index in [9.17, 15) is 14.0 Å². The Bertz CT molecular complexity index is 1150. The molecule has 176 valence electrons. The van der Waals surface area contributed by atoms with Crippen molar-refractivity contribution in [3.05, 3.63) is 99.8 Å². The number of carbonyl (C=O) groups excluding carboxylic acids is 2. The number of hydrogen-bond donors (Lipinski definition) is 2. The molecule has 0 spiro atoms. The second-order valence-electron chi connectivity index (χ2n) is 7.90. The predicted molar refractivity (Wildman–Crippen MR) is 133 cm³/mol. The van der Waals surface area contributed by atoms with Gasteiger partial charge in [-0.3, -0.25) is 9.59 Å². The summed E-state index contributed by atoms with van der Waals surface area (Å²) < 4.78 is 19.7. The van der Waals surface area contributed by atoms with Gasteiger partial charge in [0, 0.05) is 5.56 Å². The highest BCUT2D eigenvalue weighted by Crippen LogP contribution is 2.26. The van der Waals surface area contributed by atoms with Crippen LogP contribution in [0.4, 0.5) is 4.39 Å². The predicted octanol–water partition coefficient (Wildman–Crippen LogP) is 5.07. The molecule has 0 aliphatic heterocycles. The largest absolute Gasteiger partial charge is 0.488 e. The maximum atomic E-state index is 13.1. The first-order valence-electron chi connectivity index (χ1n) is 10.7. The minimum atomic E-state index is -0.810. The molecule has 0 aromatic heterocycles. The zero-order valence-electron chi connectivity index (χ0n) is 18.8. The van der Waals surface area contributed by atoms with E-state index in [1.54, 1.807) is 0 Å². The number of rotatable bonds is 9. The van der Waals surface area contributed by atoms with Crippen LogP contribution in [0.15, 0.2) is 82.4 Å². The second kappa shape index (κ2) is 12.1. The molecule has 0 aliphatic rings. The van der Waals surface area contributed by atoms with Gasteiger partial charge < -0.3 is 10.1 Å². The van der Waals surface area contributed by atoms with Crippen molar-refractivity contribution in [2.75, 3.05) is 0 Å². The summed E-state index contributed by atoms with van der Waals surface area (Å²) in [6.07, 6.45) is 1.50. The van der Waals surface area contributed by atoms with Crippen LogP contribution in [-0.4, -0.2) is 24.1 Å². The number of halogens is 2. The Labute approximate surface area is 206 Å². The summed E-state index contributed by atoms with van der Waals surface area (Å²) in [6.45, 7) is 4.07. The number of ether oxygens (including phenoxy) is 1. The van der Waals surface area contributed by atoms with E-state index in [1.807, 2.05) is 62.4 Å². The Morgan fingerprint density at radius 2 is 1.76 bits per heavy atom. The van der Waals surface area contributed by atoms with E-state index in [1.165, 1.54) is 30.5 Å². The third-order valence-electron chi connectivity index (χ3n) is 4.92. The first kappa shape index (κ1) is 25.1. The van der Waals surface area contributed by atoms with E-state index in [2.05, 4.69) is 31.8 Å². The molecule has 6 nitrogen and oxygen atoms in total. The Hall–Kier alpha value is -3.52. The maximum Gasteiger partial charge on any atom is 0.262 e. The van der Waals surface area contributed by atoms with E-state index >= 15 is 0 Å². The number of hydrogen-bond acceptors (Lipinski definition) is 4. The quantitative estimate of drug-likeness (QED) is 0.302. The number of hydrazone groups is 1. The highest BCUT2D eigenvalue weighted by molar-refractivity contribution is 9.10. The zero-order chi connectivity index (χ0) is 24.5. The minimum Gasteiger partial charge on any atom is -0.488 e. The molecule has 0 saturated carbocycles. The molecular weight excluding hydrogens is 501 g/mol. The van der Waals surface area contributed by atoms with Gasteiger partial charge in [0.1, 0.15) is 24.2 Å². The smallest absolute Gasteiger partial charge is 0.262 e. The van der Waals surface area contributed by atoms with E-state index in [0.717, 1.165) is 15.6 Å². The van der Waals surface area contributed by atoms with Crippen LogP contribution in [0, 0.1) is 11.7 Å². The number of benzene rings is 3. The molecule has 3 aromatic carbocycles. The molecule has 0 aliphatic carbocycles. The molecule has 1 unspecified atom stereocenters. The van der Waals surface area contributed by atoms with Crippen molar-refractivity contribution in [1.82, 2.24) is 10.7 Å². The fraction of sp³-hybridized carbons (Fsp3) is 0.192. The summed E-state index contributed by atoms with van der Waals surface area (Å²) >= 11 is 3.49. The van der Waals surface area contributed by atoms with Crippen molar-refractivity contribution in [3.63, 3.8) is 0 Å². The van der Waals surface area contributed by atoms with Crippen LogP contribution in [0.5, 0.6) is 5.75 Å². The van der Waals surface area contributed by atoms with E-state index < -0.39 is 23.7 Å². The van der Waals surface area contributed by atoms with Crippen LogP contribution < -0.4 is 15.5 Å². The van der Waals surface area contributed by atoms with Crippen molar-refractivity contribution >= 4 is 34.0 Å². The lowest BCUT2D eigenvalue weighted by Gasteiger charge is -2.20. The normalized spacial score (nSPS) is 11.9. The molecule has 0 radical (unpaired) electrons. The van der Waals surface area contributed by atoms with Gasteiger partial charge in [0.25, 0.3) is 11.8 Å². The number of nitrogens with zero attached hydrogens (tertiary/aromatic N) is 1. The average molecular weight is 526 g/mol. The Kier molecular flexibility index (Phi) is 8.93. The van der Waals surface area contributed by atoms with Crippen LogP contribution in [0.2, 0.25) is 0 Å². The lowest BCUT2D eigenvalue weighted by molar-refractivity contribution is -0.123. The van der Waals surface area contributed by atoms with Gasteiger partial charge in [0.2, 0.25) is 0 Å². The van der Waals surface area contributed by atoms with Gasteiger partial charge in [-0.05, 0) is 75.4 Å². The van der Waals surface area contributed by atoms with E-state index in [0.29, 0.717) is 12.4 Å². The van der Waals surface area contributed by atoms with E-state index in [4.69, 9.17) is 4.74 Å². The molecule has 0 fully saturated rings. The highest BCUT2D eigenvalue weighted by atomic mass is 79.9. The Morgan fingerprint density at radius 1 is 1.06 bits per heavy atom. The molecular formula is C26H25BrFN3O3. The van der Waals surface area contributed by atoms with Gasteiger partial charge in [-0.2, -0.15) is 5.10 Å². The molecule has 2 N–H and O–H groups in total. The van der Waals surface area contributed by atoms with Crippen LogP contribution in [0.25, 0.3) is 0 Å². The summed E-state index contributed by atoms with van der Waals surface area (Å²) in [6, 6.07) is 19.6. The summed E-state index contributed by atoms with van der Waals surface area (Å²) in [5, 5.41) is 6.69. The summed E-state index contributed by atoms with van der Waals surface area (Å²) in [5.74, 6) is -0.855. The van der Waals surface area contributed by atoms with E-state index in [-0.39, 0.29) is 11.5 Å². The van der Waals surface area contributed by atoms with Crippen LogP contribution in [0.3, 0.4) is 0 Å². The maximum absolute atomic E-state index is 13.1. The molecule has 1 atom stereocenters. The SMILES string of the molecule is CC(C)C(NC(=O)c1ccc(F)cc1)C(=O)N/N=C/c1ccc(OCc2ccccc2)c(Br)c1. The van der Waals surface area contributed by atoms with Gasteiger partial charge in [-0.1, -0.05) is 44.2 Å². The topological polar surface area (TPSA) is 79.8 Å². The third kappa shape index (κ3) is 7.25. The monoisotopic (exact) mass is 525 g/mol.